The van der Waals surface area contributed by atoms with Crippen LogP contribution in [0, 0.1) is 6.92 Å². The Morgan fingerprint density at radius 2 is 1.96 bits per heavy atom. The number of thioether (sulfide) groups is 1. The van der Waals surface area contributed by atoms with Gasteiger partial charge in [-0.2, -0.15) is 11.8 Å². The topological polar surface area (TPSA) is 3.24 Å². The zero-order valence-corrected chi connectivity index (χ0v) is 16.2. The van der Waals surface area contributed by atoms with E-state index in [4.69, 9.17) is 11.6 Å². The van der Waals surface area contributed by atoms with Crippen LogP contribution in [0.3, 0.4) is 0 Å². The van der Waals surface area contributed by atoms with Crippen molar-refractivity contribution in [3.63, 3.8) is 0 Å². The predicted octanol–water partition coefficient (Wildman–Crippen LogP) is 5.69. The molecule has 23 heavy (non-hydrogen) atoms. The lowest BCUT2D eigenvalue weighted by molar-refractivity contribution is 0.437. The van der Waals surface area contributed by atoms with Crippen molar-refractivity contribution in [1.29, 1.82) is 0 Å². The SMILES string of the molecule is Cc1ccc2c(c1)CC(SCCN(C)C)c1cc(Cl)ccc1S2. The van der Waals surface area contributed by atoms with Crippen LogP contribution in [0.2, 0.25) is 5.02 Å². The molecule has 2 aromatic rings. The van der Waals surface area contributed by atoms with Crippen molar-refractivity contribution >= 4 is 35.1 Å². The molecular formula is C19H22ClNS2. The van der Waals surface area contributed by atoms with Gasteiger partial charge in [0, 0.05) is 32.4 Å². The first-order chi connectivity index (χ1) is 11.0. The number of halogens is 1. The first-order valence-electron chi connectivity index (χ1n) is 7.86. The quantitative estimate of drug-likeness (QED) is 0.686. The summed E-state index contributed by atoms with van der Waals surface area (Å²) in [5, 5.41) is 1.31. The largest absolute Gasteiger partial charge is 0.309 e. The van der Waals surface area contributed by atoms with Crippen LogP contribution >= 0.6 is 35.1 Å². The Morgan fingerprint density at radius 3 is 2.74 bits per heavy atom. The van der Waals surface area contributed by atoms with Gasteiger partial charge in [0.15, 0.2) is 0 Å². The molecule has 1 heterocycles. The summed E-state index contributed by atoms with van der Waals surface area (Å²) in [5.74, 6) is 1.13. The van der Waals surface area contributed by atoms with Crippen molar-refractivity contribution in [2.45, 2.75) is 28.4 Å². The molecule has 0 spiro atoms. The zero-order valence-electron chi connectivity index (χ0n) is 13.8. The third kappa shape index (κ3) is 4.27. The predicted molar refractivity (Wildman–Crippen MR) is 104 cm³/mol. The molecule has 1 aliphatic rings. The van der Waals surface area contributed by atoms with Crippen LogP contribution in [0.1, 0.15) is 21.9 Å². The maximum atomic E-state index is 6.29. The molecule has 0 amide bonds. The molecule has 1 nitrogen and oxygen atoms in total. The number of hydrogen-bond donors (Lipinski definition) is 0. The summed E-state index contributed by atoms with van der Waals surface area (Å²) in [7, 11) is 4.26. The van der Waals surface area contributed by atoms with E-state index < -0.39 is 0 Å². The van der Waals surface area contributed by atoms with E-state index in [1.54, 1.807) is 0 Å². The van der Waals surface area contributed by atoms with Crippen molar-refractivity contribution in [3.8, 4) is 0 Å². The van der Waals surface area contributed by atoms with E-state index >= 15 is 0 Å². The molecule has 0 saturated carbocycles. The average Bonchev–Trinajstić information content (AvgIpc) is 2.63. The molecule has 4 heteroatoms. The minimum Gasteiger partial charge on any atom is -0.309 e. The minimum atomic E-state index is 0.471. The van der Waals surface area contributed by atoms with Gasteiger partial charge in [0.25, 0.3) is 0 Å². The lowest BCUT2D eigenvalue weighted by Gasteiger charge is -2.19. The Morgan fingerprint density at radius 1 is 1.17 bits per heavy atom. The Balaban J connectivity index is 1.94. The van der Waals surface area contributed by atoms with Gasteiger partial charge in [0.05, 0.1) is 0 Å². The summed E-state index contributed by atoms with van der Waals surface area (Å²) >= 11 is 10.2. The second-order valence-electron chi connectivity index (χ2n) is 6.26. The number of benzene rings is 2. The highest BCUT2D eigenvalue weighted by molar-refractivity contribution is 8.00. The van der Waals surface area contributed by atoms with Gasteiger partial charge in [0.2, 0.25) is 0 Å². The van der Waals surface area contributed by atoms with Gasteiger partial charge in [-0.05, 0) is 62.8 Å². The Kier molecular flexibility index (Phi) is 5.63. The summed E-state index contributed by atoms with van der Waals surface area (Å²) < 4.78 is 0. The second kappa shape index (κ2) is 7.52. The molecule has 0 aromatic heterocycles. The first kappa shape index (κ1) is 17.2. The molecule has 0 aliphatic carbocycles. The number of fused-ring (bicyclic) bond motifs is 2. The fraction of sp³-hybridized carbons (Fsp3) is 0.368. The Bertz CT molecular complexity index is 700. The molecule has 0 fully saturated rings. The van der Waals surface area contributed by atoms with Gasteiger partial charge in [-0.15, -0.1) is 0 Å². The molecule has 1 aliphatic heterocycles. The van der Waals surface area contributed by atoms with Crippen LogP contribution in [0.5, 0.6) is 0 Å². The molecule has 1 atom stereocenters. The van der Waals surface area contributed by atoms with Crippen LogP contribution in [0.4, 0.5) is 0 Å². The minimum absolute atomic E-state index is 0.471. The number of hydrogen-bond acceptors (Lipinski definition) is 3. The highest BCUT2D eigenvalue weighted by atomic mass is 35.5. The van der Waals surface area contributed by atoms with Crippen molar-refractivity contribution < 1.29 is 0 Å². The highest BCUT2D eigenvalue weighted by Gasteiger charge is 2.23. The van der Waals surface area contributed by atoms with Gasteiger partial charge in [-0.1, -0.05) is 41.1 Å². The summed E-state index contributed by atoms with van der Waals surface area (Å²) in [5.41, 5.74) is 4.19. The summed E-state index contributed by atoms with van der Waals surface area (Å²) in [6.45, 7) is 3.28. The van der Waals surface area contributed by atoms with E-state index in [1.807, 2.05) is 29.6 Å². The van der Waals surface area contributed by atoms with Gasteiger partial charge >= 0.3 is 0 Å². The van der Waals surface area contributed by atoms with Crippen LogP contribution < -0.4 is 0 Å². The van der Waals surface area contributed by atoms with E-state index in [0.29, 0.717) is 5.25 Å². The molecule has 2 aromatic carbocycles. The molecular weight excluding hydrogens is 342 g/mol. The summed E-state index contributed by atoms with van der Waals surface area (Å²) in [6, 6.07) is 13.2. The molecule has 1 unspecified atom stereocenters. The fourth-order valence-electron chi connectivity index (χ4n) is 2.79. The Hall–Kier alpha value is -0.610. The van der Waals surface area contributed by atoms with E-state index in [2.05, 4.69) is 56.3 Å². The van der Waals surface area contributed by atoms with Crippen molar-refractivity contribution in [3.05, 3.63) is 58.1 Å². The zero-order chi connectivity index (χ0) is 16.4. The third-order valence-corrected chi connectivity index (χ3v) is 6.70. The van der Waals surface area contributed by atoms with Crippen LogP contribution in [0.25, 0.3) is 0 Å². The Labute approximate surface area is 152 Å². The maximum Gasteiger partial charge on any atom is 0.0409 e. The number of aryl methyl sites for hydroxylation is 1. The molecule has 0 radical (unpaired) electrons. The van der Waals surface area contributed by atoms with E-state index in [0.717, 1.165) is 23.7 Å². The first-order valence-corrected chi connectivity index (χ1v) is 10.1. The summed E-state index contributed by atoms with van der Waals surface area (Å²) in [6.07, 6.45) is 1.08. The number of nitrogens with zero attached hydrogens (tertiary/aromatic N) is 1. The molecule has 122 valence electrons. The van der Waals surface area contributed by atoms with E-state index in [9.17, 15) is 0 Å². The van der Waals surface area contributed by atoms with Crippen LogP contribution in [0.15, 0.2) is 46.2 Å². The molecule has 0 saturated heterocycles. The van der Waals surface area contributed by atoms with Gasteiger partial charge in [-0.25, -0.2) is 0 Å². The average molecular weight is 364 g/mol. The lowest BCUT2D eigenvalue weighted by Crippen LogP contribution is -2.15. The fourth-order valence-corrected chi connectivity index (χ4v) is 5.57. The summed E-state index contributed by atoms with van der Waals surface area (Å²) in [4.78, 5) is 4.98. The van der Waals surface area contributed by atoms with Crippen molar-refractivity contribution in [2.24, 2.45) is 0 Å². The molecule has 0 bridgehead atoms. The van der Waals surface area contributed by atoms with Crippen molar-refractivity contribution in [2.75, 3.05) is 26.4 Å². The number of rotatable bonds is 4. The van der Waals surface area contributed by atoms with Crippen LogP contribution in [-0.4, -0.2) is 31.3 Å². The highest BCUT2D eigenvalue weighted by Crippen LogP contribution is 2.46. The molecule has 0 N–H and O–H groups in total. The smallest absolute Gasteiger partial charge is 0.0409 e. The van der Waals surface area contributed by atoms with E-state index in [-0.39, 0.29) is 0 Å². The lowest BCUT2D eigenvalue weighted by atomic mass is 10.0. The van der Waals surface area contributed by atoms with E-state index in [1.165, 1.54) is 26.5 Å². The van der Waals surface area contributed by atoms with Gasteiger partial charge in [0.1, 0.15) is 0 Å². The molecule has 3 rings (SSSR count). The van der Waals surface area contributed by atoms with Crippen LogP contribution in [-0.2, 0) is 6.42 Å². The normalized spacial score (nSPS) is 16.8. The monoisotopic (exact) mass is 363 g/mol. The maximum absolute atomic E-state index is 6.29. The van der Waals surface area contributed by atoms with Gasteiger partial charge in [-0.3, -0.25) is 0 Å². The van der Waals surface area contributed by atoms with Gasteiger partial charge < -0.3 is 4.90 Å². The standard InChI is InChI=1S/C19H22ClNS2/c1-13-4-6-17-14(10-13)11-19(22-9-8-21(2)3)16-12-15(20)5-7-18(16)23-17/h4-7,10,12,19H,8-9,11H2,1-3H3. The van der Waals surface area contributed by atoms with Crippen molar-refractivity contribution in [1.82, 2.24) is 4.90 Å². The third-order valence-electron chi connectivity index (χ3n) is 4.02. The second-order valence-corrected chi connectivity index (χ2v) is 9.09.